The molecule has 3 nitrogen and oxygen atoms in total. The topological polar surface area (TPSA) is 35.5 Å². The molecule has 0 bridgehead atoms. The molecule has 1 heterocycles. The number of benzene rings is 1. The number of ketones is 1. The van der Waals surface area contributed by atoms with E-state index in [0.717, 1.165) is 19.9 Å². The normalized spacial score (nSPS) is 10.6. The molecule has 0 amide bonds. The average molecular weight is 308 g/mol. The second-order valence-electron chi connectivity index (χ2n) is 4.35. The average Bonchev–Trinajstić information content (AvgIpc) is 2.85. The number of thiophene rings is 1. The van der Waals surface area contributed by atoms with E-state index in [4.69, 9.17) is 9.47 Å². The van der Waals surface area contributed by atoms with Crippen molar-refractivity contribution >= 4 is 39.8 Å². The van der Waals surface area contributed by atoms with Crippen molar-refractivity contribution in [2.24, 2.45) is 0 Å². The van der Waals surface area contributed by atoms with Crippen LogP contribution in [0.3, 0.4) is 0 Å². The lowest BCUT2D eigenvalue weighted by atomic mass is 10.1. The fourth-order valence-electron chi connectivity index (χ4n) is 1.88. The summed E-state index contributed by atoms with van der Waals surface area (Å²) in [5, 5.41) is 0.987. The van der Waals surface area contributed by atoms with E-state index in [9.17, 15) is 4.79 Å². The van der Waals surface area contributed by atoms with E-state index in [1.807, 2.05) is 18.2 Å². The summed E-state index contributed by atoms with van der Waals surface area (Å²) in [4.78, 5) is 13.6. The van der Waals surface area contributed by atoms with Crippen LogP contribution in [0, 0.1) is 0 Å². The second kappa shape index (κ2) is 6.33. The summed E-state index contributed by atoms with van der Waals surface area (Å²) in [5.41, 5.74) is 0. The highest BCUT2D eigenvalue weighted by Gasteiger charge is 2.13. The molecule has 0 spiro atoms. The molecule has 2 rings (SSSR count). The number of hydrogen-bond donors (Lipinski definition) is 1. The summed E-state index contributed by atoms with van der Waals surface area (Å²) in [6, 6.07) is 5.68. The Balaban J connectivity index is 2.33. The maximum absolute atomic E-state index is 12.1. The number of carbonyl (C=O) groups is 1. The molecule has 0 fully saturated rings. The van der Waals surface area contributed by atoms with E-state index in [0.29, 0.717) is 24.3 Å². The number of methoxy groups -OCH3 is 2. The third kappa shape index (κ3) is 3.16. The summed E-state index contributed by atoms with van der Waals surface area (Å²) in [5.74, 6) is 1.45. The highest BCUT2D eigenvalue weighted by Crippen LogP contribution is 2.36. The maximum atomic E-state index is 12.1. The Bertz CT molecular complexity index is 617. The summed E-state index contributed by atoms with van der Waals surface area (Å²) < 4.78 is 11.5. The van der Waals surface area contributed by atoms with Gasteiger partial charge >= 0.3 is 0 Å². The first kappa shape index (κ1) is 14.9. The molecule has 0 aliphatic rings. The number of Topliss-reactive ketones (excluding diaryl/α,β-unsaturated/α-hetero) is 1. The van der Waals surface area contributed by atoms with Gasteiger partial charge in [0.15, 0.2) is 17.3 Å². The lowest BCUT2D eigenvalue weighted by Gasteiger charge is -2.06. The molecule has 0 aliphatic carbocycles. The van der Waals surface area contributed by atoms with Gasteiger partial charge in [-0.15, -0.1) is 24.0 Å². The SMILES string of the molecule is C=C(S)CCC(=O)c1cc2cc(OC)c(OC)cc2s1. The van der Waals surface area contributed by atoms with Crippen LogP contribution < -0.4 is 9.47 Å². The van der Waals surface area contributed by atoms with Crippen molar-refractivity contribution in [1.29, 1.82) is 0 Å². The Kier molecular flexibility index (Phi) is 4.73. The predicted molar refractivity (Wildman–Crippen MR) is 86.6 cm³/mol. The van der Waals surface area contributed by atoms with Crippen molar-refractivity contribution in [3.63, 3.8) is 0 Å². The Hall–Kier alpha value is -1.46. The van der Waals surface area contributed by atoms with Crippen LogP contribution in [0.2, 0.25) is 0 Å². The molecule has 0 saturated carbocycles. The van der Waals surface area contributed by atoms with Crippen molar-refractivity contribution in [3.05, 3.63) is 34.6 Å². The molecule has 1 aromatic carbocycles. The molecule has 1 aromatic heterocycles. The van der Waals surface area contributed by atoms with Crippen molar-refractivity contribution in [1.82, 2.24) is 0 Å². The minimum Gasteiger partial charge on any atom is -0.493 e. The van der Waals surface area contributed by atoms with Crippen LogP contribution in [0.15, 0.2) is 29.7 Å². The number of fused-ring (bicyclic) bond motifs is 1. The standard InChI is InChI=1S/C15H16O3S2/c1-9(19)4-5-11(16)15-7-10-6-12(17-2)13(18-3)8-14(10)20-15/h6-8,19H,1,4-5H2,2-3H3. The molecule has 0 aliphatic heterocycles. The van der Waals surface area contributed by atoms with Gasteiger partial charge in [0.1, 0.15) is 0 Å². The van der Waals surface area contributed by atoms with Gasteiger partial charge in [-0.25, -0.2) is 0 Å². The zero-order valence-electron chi connectivity index (χ0n) is 11.4. The van der Waals surface area contributed by atoms with E-state index in [1.165, 1.54) is 11.3 Å². The zero-order chi connectivity index (χ0) is 14.7. The summed E-state index contributed by atoms with van der Waals surface area (Å²) in [6.07, 6.45) is 1.03. The van der Waals surface area contributed by atoms with Crippen molar-refractivity contribution in [2.75, 3.05) is 14.2 Å². The van der Waals surface area contributed by atoms with Gasteiger partial charge in [0.05, 0.1) is 19.1 Å². The van der Waals surface area contributed by atoms with E-state index in [2.05, 4.69) is 19.2 Å². The second-order valence-corrected chi connectivity index (χ2v) is 6.06. The fraction of sp³-hybridized carbons (Fsp3) is 0.267. The number of hydrogen-bond acceptors (Lipinski definition) is 5. The maximum Gasteiger partial charge on any atom is 0.173 e. The summed E-state index contributed by atoms with van der Waals surface area (Å²) >= 11 is 5.58. The van der Waals surface area contributed by atoms with Crippen molar-refractivity contribution in [2.45, 2.75) is 12.8 Å². The summed E-state index contributed by atoms with van der Waals surface area (Å²) in [7, 11) is 3.20. The van der Waals surface area contributed by atoms with Gasteiger partial charge in [-0.05, 0) is 28.8 Å². The number of carbonyl (C=O) groups excluding carboxylic acids is 1. The molecular formula is C15H16O3S2. The third-order valence-electron chi connectivity index (χ3n) is 2.94. The highest BCUT2D eigenvalue weighted by atomic mass is 32.1. The highest BCUT2D eigenvalue weighted by molar-refractivity contribution is 7.84. The van der Waals surface area contributed by atoms with Gasteiger partial charge in [0, 0.05) is 17.2 Å². The molecule has 5 heteroatoms. The Morgan fingerprint density at radius 3 is 2.45 bits per heavy atom. The molecular weight excluding hydrogens is 292 g/mol. The van der Waals surface area contributed by atoms with E-state index in [1.54, 1.807) is 14.2 Å². The van der Waals surface area contributed by atoms with E-state index >= 15 is 0 Å². The lowest BCUT2D eigenvalue weighted by molar-refractivity contribution is 0.0987. The van der Waals surface area contributed by atoms with Crippen LogP contribution in [0.4, 0.5) is 0 Å². The van der Waals surface area contributed by atoms with Crippen LogP contribution in [-0.4, -0.2) is 20.0 Å². The van der Waals surface area contributed by atoms with Crippen LogP contribution >= 0.6 is 24.0 Å². The van der Waals surface area contributed by atoms with Gasteiger partial charge in [0.2, 0.25) is 0 Å². The predicted octanol–water partition coefficient (Wildman–Crippen LogP) is 4.32. The quantitative estimate of drug-likeness (QED) is 0.637. The molecule has 0 unspecified atom stereocenters. The monoisotopic (exact) mass is 308 g/mol. The van der Waals surface area contributed by atoms with Gasteiger partial charge < -0.3 is 9.47 Å². The van der Waals surface area contributed by atoms with Gasteiger partial charge in [-0.1, -0.05) is 6.58 Å². The lowest BCUT2D eigenvalue weighted by Crippen LogP contribution is -1.94. The first-order chi connectivity index (χ1) is 9.55. The number of thiol groups is 1. The first-order valence-electron chi connectivity index (χ1n) is 6.10. The molecule has 20 heavy (non-hydrogen) atoms. The van der Waals surface area contributed by atoms with E-state index in [-0.39, 0.29) is 5.78 Å². The summed E-state index contributed by atoms with van der Waals surface area (Å²) in [6.45, 7) is 3.69. The number of rotatable bonds is 6. The smallest absolute Gasteiger partial charge is 0.173 e. The molecule has 0 atom stereocenters. The largest absolute Gasteiger partial charge is 0.493 e. The van der Waals surface area contributed by atoms with Crippen molar-refractivity contribution < 1.29 is 14.3 Å². The molecule has 0 saturated heterocycles. The van der Waals surface area contributed by atoms with Crippen LogP contribution in [-0.2, 0) is 0 Å². The fourth-order valence-corrected chi connectivity index (χ4v) is 3.04. The third-order valence-corrected chi connectivity index (χ3v) is 4.30. The van der Waals surface area contributed by atoms with Crippen LogP contribution in [0.5, 0.6) is 11.5 Å². The van der Waals surface area contributed by atoms with E-state index < -0.39 is 0 Å². The Labute approximate surface area is 127 Å². The molecule has 2 aromatic rings. The number of allylic oxidation sites excluding steroid dienone is 1. The van der Waals surface area contributed by atoms with Crippen molar-refractivity contribution in [3.8, 4) is 11.5 Å². The molecule has 0 radical (unpaired) electrons. The minimum atomic E-state index is 0.110. The molecule has 106 valence electrons. The molecule has 0 N–H and O–H groups in total. The van der Waals surface area contributed by atoms with Gasteiger partial charge in [-0.3, -0.25) is 4.79 Å². The van der Waals surface area contributed by atoms with Crippen LogP contribution in [0.1, 0.15) is 22.5 Å². The minimum absolute atomic E-state index is 0.110. The van der Waals surface area contributed by atoms with Crippen LogP contribution in [0.25, 0.3) is 10.1 Å². The Morgan fingerprint density at radius 1 is 1.20 bits per heavy atom. The Morgan fingerprint density at radius 2 is 1.85 bits per heavy atom. The zero-order valence-corrected chi connectivity index (χ0v) is 13.1. The first-order valence-corrected chi connectivity index (χ1v) is 7.37. The number of ether oxygens (including phenoxy) is 2. The van der Waals surface area contributed by atoms with Gasteiger partial charge in [0.25, 0.3) is 0 Å². The van der Waals surface area contributed by atoms with Gasteiger partial charge in [-0.2, -0.15) is 0 Å².